The molecule has 0 aromatic rings. The molecule has 0 aliphatic heterocycles. The van der Waals surface area contributed by atoms with Crippen molar-refractivity contribution in [1.29, 1.82) is 0 Å². The molecule has 0 fully saturated rings. The molecule has 0 aromatic carbocycles. The second kappa shape index (κ2) is 6.61. The van der Waals surface area contributed by atoms with Crippen LogP contribution in [0.5, 0.6) is 0 Å². The van der Waals surface area contributed by atoms with E-state index in [0.29, 0.717) is 5.92 Å². The minimum absolute atomic E-state index is 0.104. The van der Waals surface area contributed by atoms with Crippen molar-refractivity contribution in [1.82, 2.24) is 0 Å². The minimum Gasteiger partial charge on any atom is -0.313 e. The van der Waals surface area contributed by atoms with Gasteiger partial charge in [0.1, 0.15) is 0 Å². The van der Waals surface area contributed by atoms with Crippen LogP contribution < -0.4 is 11.5 Å². The standard InChI is InChI=1S/C14H32N2/c1-6-11-12(7-2)13(8-3,9-4)14(15,16)10-5/h12H,6-11,15-16H2,1-5H3. The van der Waals surface area contributed by atoms with Crippen molar-refractivity contribution >= 4 is 0 Å². The topological polar surface area (TPSA) is 52.0 Å². The van der Waals surface area contributed by atoms with Crippen molar-refractivity contribution in [3.05, 3.63) is 0 Å². The van der Waals surface area contributed by atoms with E-state index in [1.54, 1.807) is 0 Å². The van der Waals surface area contributed by atoms with E-state index < -0.39 is 5.66 Å². The average Bonchev–Trinajstić information content (AvgIpc) is 2.29. The van der Waals surface area contributed by atoms with Crippen LogP contribution in [0.25, 0.3) is 0 Å². The van der Waals surface area contributed by atoms with Crippen LogP contribution in [0.15, 0.2) is 0 Å². The lowest BCUT2D eigenvalue weighted by molar-refractivity contribution is 0.0235. The summed E-state index contributed by atoms with van der Waals surface area (Å²) < 4.78 is 0. The van der Waals surface area contributed by atoms with Crippen LogP contribution in [-0.4, -0.2) is 5.66 Å². The molecule has 98 valence electrons. The number of nitrogens with two attached hydrogens (primary N) is 2. The second-order valence-corrected chi connectivity index (χ2v) is 5.15. The van der Waals surface area contributed by atoms with Gasteiger partial charge < -0.3 is 11.5 Å². The summed E-state index contributed by atoms with van der Waals surface area (Å²) >= 11 is 0. The van der Waals surface area contributed by atoms with E-state index in [9.17, 15) is 0 Å². The monoisotopic (exact) mass is 228 g/mol. The zero-order chi connectivity index (χ0) is 12.8. The summed E-state index contributed by atoms with van der Waals surface area (Å²) in [5.74, 6) is 0.655. The van der Waals surface area contributed by atoms with E-state index in [1.807, 2.05) is 0 Å². The third-order valence-corrected chi connectivity index (χ3v) is 4.69. The van der Waals surface area contributed by atoms with Crippen molar-refractivity contribution in [3.63, 3.8) is 0 Å². The lowest BCUT2D eigenvalue weighted by Crippen LogP contribution is -2.64. The lowest BCUT2D eigenvalue weighted by atomic mass is 9.60. The molecular weight excluding hydrogens is 196 g/mol. The molecule has 0 heterocycles. The number of hydrogen-bond acceptors (Lipinski definition) is 2. The zero-order valence-electron chi connectivity index (χ0n) is 12.0. The molecule has 0 saturated carbocycles. The van der Waals surface area contributed by atoms with E-state index >= 15 is 0 Å². The van der Waals surface area contributed by atoms with Gasteiger partial charge in [0.05, 0.1) is 5.66 Å². The molecule has 0 spiro atoms. The van der Waals surface area contributed by atoms with Crippen LogP contribution in [0, 0.1) is 11.3 Å². The molecule has 2 nitrogen and oxygen atoms in total. The minimum atomic E-state index is -0.521. The van der Waals surface area contributed by atoms with Gasteiger partial charge in [-0.25, -0.2) is 0 Å². The first-order chi connectivity index (χ1) is 7.45. The Hall–Kier alpha value is -0.0800. The number of rotatable bonds is 8. The summed E-state index contributed by atoms with van der Waals surface area (Å²) in [5.41, 5.74) is 12.4. The van der Waals surface area contributed by atoms with Gasteiger partial charge in [0.2, 0.25) is 0 Å². The van der Waals surface area contributed by atoms with Gasteiger partial charge >= 0.3 is 0 Å². The Labute approximate surface area is 102 Å². The molecule has 1 atom stereocenters. The van der Waals surface area contributed by atoms with Crippen molar-refractivity contribution < 1.29 is 0 Å². The summed E-state index contributed by atoms with van der Waals surface area (Å²) in [7, 11) is 0. The molecule has 0 aliphatic carbocycles. The SMILES string of the molecule is CCCC(CC)C(CC)(CC)C(N)(N)CC. The third-order valence-electron chi connectivity index (χ3n) is 4.69. The fourth-order valence-corrected chi connectivity index (χ4v) is 3.44. The summed E-state index contributed by atoms with van der Waals surface area (Å²) in [6, 6.07) is 0. The van der Waals surface area contributed by atoms with Crippen molar-refractivity contribution in [2.75, 3.05) is 0 Å². The Morgan fingerprint density at radius 1 is 0.875 bits per heavy atom. The van der Waals surface area contributed by atoms with Crippen LogP contribution in [0.2, 0.25) is 0 Å². The maximum Gasteiger partial charge on any atom is 0.0694 e. The van der Waals surface area contributed by atoms with Crippen molar-refractivity contribution in [2.24, 2.45) is 22.8 Å². The first kappa shape index (κ1) is 15.9. The average molecular weight is 228 g/mol. The molecular formula is C14H32N2. The summed E-state index contributed by atoms with van der Waals surface area (Å²) in [6.07, 6.45) is 6.68. The fourth-order valence-electron chi connectivity index (χ4n) is 3.44. The third kappa shape index (κ3) is 2.78. The van der Waals surface area contributed by atoms with Crippen LogP contribution in [0.1, 0.15) is 73.1 Å². The molecule has 0 bridgehead atoms. The van der Waals surface area contributed by atoms with Gasteiger partial charge in [-0.3, -0.25) is 0 Å². The fraction of sp³-hybridized carbons (Fsp3) is 1.00. The zero-order valence-corrected chi connectivity index (χ0v) is 12.0. The van der Waals surface area contributed by atoms with Gasteiger partial charge in [-0.1, -0.05) is 53.9 Å². The Kier molecular flexibility index (Phi) is 6.57. The molecule has 0 radical (unpaired) electrons. The van der Waals surface area contributed by atoms with Gasteiger partial charge in [-0.2, -0.15) is 0 Å². The highest BCUT2D eigenvalue weighted by Gasteiger charge is 2.46. The predicted molar refractivity (Wildman–Crippen MR) is 73.1 cm³/mol. The highest BCUT2D eigenvalue weighted by Crippen LogP contribution is 2.46. The Bertz CT molecular complexity index is 183. The van der Waals surface area contributed by atoms with Crippen LogP contribution in [0.4, 0.5) is 0 Å². The summed E-state index contributed by atoms with van der Waals surface area (Å²) in [5, 5.41) is 0. The Balaban J connectivity index is 5.20. The molecule has 0 aromatic heterocycles. The maximum atomic E-state index is 6.40. The molecule has 1 unspecified atom stereocenters. The lowest BCUT2D eigenvalue weighted by Gasteiger charge is -2.50. The molecule has 0 rings (SSSR count). The number of hydrogen-bond donors (Lipinski definition) is 2. The van der Waals surface area contributed by atoms with Crippen LogP contribution >= 0.6 is 0 Å². The molecule has 0 aliphatic rings. The van der Waals surface area contributed by atoms with E-state index in [0.717, 1.165) is 19.3 Å². The van der Waals surface area contributed by atoms with Gasteiger partial charge in [0.25, 0.3) is 0 Å². The van der Waals surface area contributed by atoms with Gasteiger partial charge in [-0.15, -0.1) is 0 Å². The molecule has 4 N–H and O–H groups in total. The normalized spacial score (nSPS) is 15.2. The van der Waals surface area contributed by atoms with Gasteiger partial charge in [-0.05, 0) is 25.2 Å². The molecule has 0 saturated heterocycles. The van der Waals surface area contributed by atoms with E-state index in [2.05, 4.69) is 34.6 Å². The largest absolute Gasteiger partial charge is 0.313 e. The Morgan fingerprint density at radius 3 is 1.62 bits per heavy atom. The van der Waals surface area contributed by atoms with E-state index in [-0.39, 0.29) is 5.41 Å². The molecule has 0 amide bonds. The van der Waals surface area contributed by atoms with Crippen molar-refractivity contribution in [3.8, 4) is 0 Å². The second-order valence-electron chi connectivity index (χ2n) is 5.15. The van der Waals surface area contributed by atoms with Crippen LogP contribution in [-0.2, 0) is 0 Å². The summed E-state index contributed by atoms with van der Waals surface area (Å²) in [4.78, 5) is 0. The molecule has 2 heteroatoms. The quantitative estimate of drug-likeness (QED) is 0.623. The predicted octanol–water partition coefficient (Wildman–Crippen LogP) is 3.64. The summed E-state index contributed by atoms with van der Waals surface area (Å²) in [6.45, 7) is 11.1. The van der Waals surface area contributed by atoms with Crippen LogP contribution in [0.3, 0.4) is 0 Å². The first-order valence-corrected chi connectivity index (χ1v) is 7.03. The first-order valence-electron chi connectivity index (χ1n) is 7.03. The van der Waals surface area contributed by atoms with Crippen molar-refractivity contribution in [2.45, 2.75) is 78.8 Å². The van der Waals surface area contributed by atoms with E-state index in [1.165, 1.54) is 19.3 Å². The molecule has 16 heavy (non-hydrogen) atoms. The maximum absolute atomic E-state index is 6.40. The highest BCUT2D eigenvalue weighted by molar-refractivity contribution is 5.00. The van der Waals surface area contributed by atoms with E-state index in [4.69, 9.17) is 11.5 Å². The highest BCUT2D eigenvalue weighted by atomic mass is 15.0. The van der Waals surface area contributed by atoms with Gasteiger partial charge in [0.15, 0.2) is 0 Å². The van der Waals surface area contributed by atoms with Gasteiger partial charge in [0, 0.05) is 5.41 Å². The smallest absolute Gasteiger partial charge is 0.0694 e. The Morgan fingerprint density at radius 2 is 1.38 bits per heavy atom.